The van der Waals surface area contributed by atoms with E-state index in [1.54, 1.807) is 24.3 Å². The first kappa shape index (κ1) is 12.5. The van der Waals surface area contributed by atoms with E-state index in [0.717, 1.165) is 18.4 Å². The summed E-state index contributed by atoms with van der Waals surface area (Å²) in [6, 6.07) is 6.56. The van der Waals surface area contributed by atoms with Crippen molar-refractivity contribution in [1.29, 1.82) is 0 Å². The summed E-state index contributed by atoms with van der Waals surface area (Å²) in [4.78, 5) is 0.309. The lowest BCUT2D eigenvalue weighted by molar-refractivity contribution is 0.213. The van der Waals surface area contributed by atoms with Gasteiger partial charge in [-0.05, 0) is 31.9 Å². The van der Waals surface area contributed by atoms with E-state index in [1.165, 1.54) is 4.31 Å². The molecule has 1 aliphatic heterocycles. The van der Waals surface area contributed by atoms with E-state index in [1.807, 2.05) is 6.92 Å². The second-order valence-corrected chi connectivity index (χ2v) is 6.30. The summed E-state index contributed by atoms with van der Waals surface area (Å²) in [5.74, 6) is 0. The van der Waals surface area contributed by atoms with Crippen molar-refractivity contribution in [1.82, 2.24) is 4.31 Å². The van der Waals surface area contributed by atoms with Crippen LogP contribution >= 0.6 is 0 Å². The number of aliphatic hydroxyl groups excluding tert-OH is 1. The standard InChI is InChI=1S/C12H17NO3S/c1-10-4-6-12(7-5-10)17(15,16)13-8-2-3-11(13)9-14/h4-7,11,14H,2-3,8-9H2,1H3/t11-/m1/s1. The van der Waals surface area contributed by atoms with Crippen LogP contribution in [0.25, 0.3) is 0 Å². The average Bonchev–Trinajstić information content (AvgIpc) is 2.78. The number of hydrogen-bond acceptors (Lipinski definition) is 3. The summed E-state index contributed by atoms with van der Waals surface area (Å²) >= 11 is 0. The number of nitrogens with zero attached hydrogens (tertiary/aromatic N) is 1. The Kier molecular flexibility index (Phi) is 3.51. The molecule has 4 nitrogen and oxygen atoms in total. The zero-order valence-electron chi connectivity index (χ0n) is 9.83. The maximum Gasteiger partial charge on any atom is 0.243 e. The van der Waals surface area contributed by atoms with Crippen LogP contribution in [0.2, 0.25) is 0 Å². The highest BCUT2D eigenvalue weighted by atomic mass is 32.2. The molecule has 0 aliphatic carbocycles. The fourth-order valence-corrected chi connectivity index (χ4v) is 3.84. The molecule has 94 valence electrons. The molecule has 1 atom stereocenters. The monoisotopic (exact) mass is 255 g/mol. The Hall–Kier alpha value is -0.910. The highest BCUT2D eigenvalue weighted by Gasteiger charge is 2.34. The van der Waals surface area contributed by atoms with Crippen molar-refractivity contribution in [2.24, 2.45) is 0 Å². The Bertz CT molecular complexity index is 481. The van der Waals surface area contributed by atoms with Crippen molar-refractivity contribution < 1.29 is 13.5 Å². The van der Waals surface area contributed by atoms with Gasteiger partial charge in [0.2, 0.25) is 10.0 Å². The topological polar surface area (TPSA) is 57.6 Å². The fraction of sp³-hybridized carbons (Fsp3) is 0.500. The molecule has 0 spiro atoms. The van der Waals surface area contributed by atoms with Crippen LogP contribution in [0.15, 0.2) is 29.2 Å². The van der Waals surface area contributed by atoms with Crippen LogP contribution < -0.4 is 0 Å². The highest BCUT2D eigenvalue weighted by Crippen LogP contribution is 2.25. The lowest BCUT2D eigenvalue weighted by Gasteiger charge is -2.22. The molecular formula is C12H17NO3S. The summed E-state index contributed by atoms with van der Waals surface area (Å²) < 4.78 is 26.1. The largest absolute Gasteiger partial charge is 0.395 e. The van der Waals surface area contributed by atoms with Crippen molar-refractivity contribution in [3.63, 3.8) is 0 Å². The lowest BCUT2D eigenvalue weighted by Crippen LogP contribution is -2.37. The zero-order valence-corrected chi connectivity index (χ0v) is 10.7. The molecule has 1 aromatic rings. The molecular weight excluding hydrogens is 238 g/mol. The van der Waals surface area contributed by atoms with Crippen LogP contribution in [0.5, 0.6) is 0 Å². The van der Waals surface area contributed by atoms with Gasteiger partial charge in [0.05, 0.1) is 11.5 Å². The van der Waals surface area contributed by atoms with Gasteiger partial charge in [-0.2, -0.15) is 4.31 Å². The number of benzene rings is 1. The number of rotatable bonds is 3. The van der Waals surface area contributed by atoms with E-state index in [-0.39, 0.29) is 12.6 Å². The Morgan fingerprint density at radius 1 is 1.35 bits per heavy atom. The van der Waals surface area contributed by atoms with E-state index < -0.39 is 10.0 Å². The molecule has 1 aliphatic rings. The summed E-state index contributed by atoms with van der Waals surface area (Å²) in [6.45, 7) is 2.31. The minimum Gasteiger partial charge on any atom is -0.395 e. The van der Waals surface area contributed by atoms with Gasteiger partial charge in [0.15, 0.2) is 0 Å². The molecule has 0 bridgehead atoms. The summed E-state index contributed by atoms with van der Waals surface area (Å²) in [5.41, 5.74) is 1.03. The Morgan fingerprint density at radius 2 is 2.00 bits per heavy atom. The molecule has 0 amide bonds. The van der Waals surface area contributed by atoms with Crippen LogP contribution in [0, 0.1) is 6.92 Å². The molecule has 0 unspecified atom stereocenters. The van der Waals surface area contributed by atoms with E-state index in [4.69, 9.17) is 0 Å². The predicted molar refractivity (Wildman–Crippen MR) is 65.2 cm³/mol. The van der Waals surface area contributed by atoms with Crippen LogP contribution in [0.4, 0.5) is 0 Å². The quantitative estimate of drug-likeness (QED) is 0.881. The van der Waals surface area contributed by atoms with E-state index >= 15 is 0 Å². The summed E-state index contributed by atoms with van der Waals surface area (Å²) in [6.07, 6.45) is 1.55. The molecule has 1 N–H and O–H groups in total. The minimum atomic E-state index is -3.44. The normalized spacial score (nSPS) is 21.9. The zero-order chi connectivity index (χ0) is 12.5. The van der Waals surface area contributed by atoms with Gasteiger partial charge in [-0.1, -0.05) is 17.7 Å². The van der Waals surface area contributed by atoms with Gasteiger partial charge < -0.3 is 5.11 Å². The van der Waals surface area contributed by atoms with E-state index in [0.29, 0.717) is 11.4 Å². The number of sulfonamides is 1. The predicted octanol–water partition coefficient (Wildman–Crippen LogP) is 1.14. The summed E-state index contributed by atoms with van der Waals surface area (Å²) in [5, 5.41) is 9.18. The first-order valence-electron chi connectivity index (χ1n) is 5.75. The maximum absolute atomic E-state index is 12.3. The van der Waals surface area contributed by atoms with Crippen LogP contribution in [0.1, 0.15) is 18.4 Å². The van der Waals surface area contributed by atoms with Crippen molar-refractivity contribution >= 4 is 10.0 Å². The molecule has 1 saturated heterocycles. The first-order valence-corrected chi connectivity index (χ1v) is 7.19. The third kappa shape index (κ3) is 2.36. The molecule has 0 radical (unpaired) electrons. The molecule has 1 aromatic carbocycles. The third-order valence-corrected chi connectivity index (χ3v) is 5.13. The second kappa shape index (κ2) is 4.76. The SMILES string of the molecule is Cc1ccc(S(=O)(=O)N2CCC[C@@H]2CO)cc1. The van der Waals surface area contributed by atoms with Crippen molar-refractivity contribution in [2.45, 2.75) is 30.7 Å². The maximum atomic E-state index is 12.3. The minimum absolute atomic E-state index is 0.106. The van der Waals surface area contributed by atoms with Crippen LogP contribution in [-0.2, 0) is 10.0 Å². The third-order valence-electron chi connectivity index (χ3n) is 3.16. The van der Waals surface area contributed by atoms with Gasteiger partial charge in [-0.25, -0.2) is 8.42 Å². The first-order chi connectivity index (χ1) is 8.05. The molecule has 17 heavy (non-hydrogen) atoms. The molecule has 2 rings (SSSR count). The van der Waals surface area contributed by atoms with Crippen LogP contribution in [0.3, 0.4) is 0 Å². The molecule has 0 saturated carbocycles. The van der Waals surface area contributed by atoms with E-state index in [2.05, 4.69) is 0 Å². The van der Waals surface area contributed by atoms with Gasteiger partial charge in [0.25, 0.3) is 0 Å². The number of aliphatic hydroxyl groups is 1. The average molecular weight is 255 g/mol. The molecule has 1 fully saturated rings. The van der Waals surface area contributed by atoms with Gasteiger partial charge in [-0.15, -0.1) is 0 Å². The number of aryl methyl sites for hydroxylation is 1. The van der Waals surface area contributed by atoms with Crippen molar-refractivity contribution in [2.75, 3.05) is 13.2 Å². The highest BCUT2D eigenvalue weighted by molar-refractivity contribution is 7.89. The smallest absolute Gasteiger partial charge is 0.243 e. The van der Waals surface area contributed by atoms with Gasteiger partial charge >= 0.3 is 0 Å². The van der Waals surface area contributed by atoms with Crippen molar-refractivity contribution in [3.05, 3.63) is 29.8 Å². The second-order valence-electron chi connectivity index (χ2n) is 4.41. The molecule has 0 aromatic heterocycles. The molecule has 5 heteroatoms. The summed E-state index contributed by atoms with van der Waals surface area (Å²) in [7, 11) is -3.44. The van der Waals surface area contributed by atoms with E-state index in [9.17, 15) is 13.5 Å². The van der Waals surface area contributed by atoms with Gasteiger partial charge in [-0.3, -0.25) is 0 Å². The number of hydrogen-bond donors (Lipinski definition) is 1. The Morgan fingerprint density at radius 3 is 2.59 bits per heavy atom. The van der Waals surface area contributed by atoms with Gasteiger partial charge in [0.1, 0.15) is 0 Å². The lowest BCUT2D eigenvalue weighted by atomic mass is 10.2. The molecule has 1 heterocycles. The van der Waals surface area contributed by atoms with Crippen LogP contribution in [-0.4, -0.2) is 37.0 Å². The van der Waals surface area contributed by atoms with Crippen molar-refractivity contribution in [3.8, 4) is 0 Å². The fourth-order valence-electron chi connectivity index (χ4n) is 2.15. The van der Waals surface area contributed by atoms with Gasteiger partial charge in [0, 0.05) is 12.6 Å². The Balaban J connectivity index is 2.33. The Labute approximate surface area is 102 Å².